The Kier molecular flexibility index (Phi) is 37.0. The number of esters is 5. The predicted molar refractivity (Wildman–Crippen MR) is 469 cm³/mol. The van der Waals surface area contributed by atoms with Gasteiger partial charge in [0.1, 0.15) is 28.6 Å². The predicted octanol–water partition coefficient (Wildman–Crippen LogP) is 16.3. The van der Waals surface area contributed by atoms with Crippen molar-refractivity contribution in [2.45, 2.75) is 197 Å². The minimum atomic E-state index is -1.42. The molecule has 2 amide bonds. The number of anilines is 1. The number of Topliss-reactive ketones (excluding diaryl/α,β-unsaturated/α-hetero) is 2. The molecule has 0 spiro atoms. The summed E-state index contributed by atoms with van der Waals surface area (Å²) in [7, 11) is 1.47. The molecule has 2 heterocycles. The number of hydrogen-bond donors (Lipinski definition) is 8. The van der Waals surface area contributed by atoms with Gasteiger partial charge in [-0.3, -0.25) is 39.0 Å². The van der Waals surface area contributed by atoms with Gasteiger partial charge in [0.25, 0.3) is 11.8 Å². The molecular formula is C95H115N9O19. The van der Waals surface area contributed by atoms with Gasteiger partial charge in [0.05, 0.1) is 45.2 Å². The highest BCUT2D eigenvalue weighted by atomic mass is 16.8. The number of amides is 2. The van der Waals surface area contributed by atoms with Gasteiger partial charge in [0.15, 0.2) is 23.0 Å². The third kappa shape index (κ3) is 31.3. The largest absolute Gasteiger partial charge is 0.511 e. The van der Waals surface area contributed by atoms with Crippen LogP contribution in [0.15, 0.2) is 134 Å². The molecule has 5 aromatic carbocycles. The molecule has 0 aliphatic heterocycles. The lowest BCUT2D eigenvalue weighted by atomic mass is 9.89. The van der Waals surface area contributed by atoms with Gasteiger partial charge in [0.2, 0.25) is 12.6 Å². The monoisotopic (exact) mass is 1690 g/mol. The van der Waals surface area contributed by atoms with Gasteiger partial charge >= 0.3 is 36.0 Å². The number of methoxy groups -OCH3 is 1. The first-order valence-corrected chi connectivity index (χ1v) is 41.2. The summed E-state index contributed by atoms with van der Waals surface area (Å²) in [6.45, 7) is 25.9. The second-order valence-electron chi connectivity index (χ2n) is 32.0. The summed E-state index contributed by atoms with van der Waals surface area (Å²) in [5, 5.41) is 39.8. The maximum Gasteiger partial charge on any atom is 0.511 e. The Bertz CT molecular complexity index is 4980. The fraction of sp³-hybridized carbons (Fsp3) is 0.400. The summed E-state index contributed by atoms with van der Waals surface area (Å²) >= 11 is 0. The summed E-state index contributed by atoms with van der Waals surface area (Å²) in [4.78, 5) is 139. The smallest absolute Gasteiger partial charge is 0.496 e. The number of carbonyl (C=O) groups is 10. The first-order valence-electron chi connectivity index (χ1n) is 41.2. The molecule has 10 N–H and O–H groups in total. The number of benzene rings is 5. The lowest BCUT2D eigenvalue weighted by molar-refractivity contribution is -0.175. The van der Waals surface area contributed by atoms with E-state index in [1.807, 2.05) is 0 Å². The van der Waals surface area contributed by atoms with Crippen LogP contribution in [0.5, 0.6) is 5.75 Å². The molecule has 0 saturated heterocycles. The van der Waals surface area contributed by atoms with Gasteiger partial charge in [-0.25, -0.2) is 24.4 Å². The highest BCUT2D eigenvalue weighted by Gasteiger charge is 2.33. The molecule has 2 fully saturated rings. The Labute approximate surface area is 718 Å². The molecule has 2 saturated carbocycles. The van der Waals surface area contributed by atoms with Crippen molar-refractivity contribution in [1.29, 1.82) is 16.2 Å². The van der Waals surface area contributed by atoms with Crippen LogP contribution in [0.2, 0.25) is 0 Å². The van der Waals surface area contributed by atoms with E-state index in [1.165, 1.54) is 57.7 Å². The topological polar surface area (TPSA) is 438 Å². The van der Waals surface area contributed by atoms with E-state index in [-0.39, 0.29) is 111 Å². The Hall–Kier alpha value is -12.9. The van der Waals surface area contributed by atoms with Crippen molar-refractivity contribution in [3.05, 3.63) is 213 Å². The van der Waals surface area contributed by atoms with Crippen molar-refractivity contribution < 1.29 is 90.9 Å². The molecule has 2 atom stereocenters. The van der Waals surface area contributed by atoms with E-state index in [1.54, 1.807) is 145 Å². The van der Waals surface area contributed by atoms with E-state index in [2.05, 4.69) is 47.6 Å². The molecule has 2 aromatic heterocycles. The number of ether oxygens (including phenoxy) is 8. The first-order chi connectivity index (χ1) is 58.5. The quantitative estimate of drug-likeness (QED) is 0.00258. The molecule has 2 aliphatic rings. The van der Waals surface area contributed by atoms with Crippen LogP contribution in [0.1, 0.15) is 266 Å². The molecule has 654 valence electrons. The molecule has 28 heteroatoms. The number of hydrogen-bond acceptors (Lipinski definition) is 25. The van der Waals surface area contributed by atoms with Crippen LogP contribution in [0, 0.1) is 33.5 Å². The first kappa shape index (κ1) is 97.3. The number of pyridine rings is 2. The standard InChI is InChI=1S/C44H53N3O10.C36H40N4O7.C15H22N2O2/c1-7-9-10-11-20-54-39(50)24-36(45)31-16-14-28(15-17-31)21-38(49)35-22-30(8-2)32(26-48)23-34(35)33-18-19-37(41(51)46-25-29-12-13-29)47-40(33)42(52)55-27(3)56-43(53)57-44(4,5)6;1-7-23-17-27(29(41)16-21-10-12-24(13-11-21)32(37)38)26(18-30(23)45-6)25-14-15-28(33(42)39-19-22-8-9-22)40-31(25)34(43)46-20(2)47-35(44)36(3,4)5;1-2-3-4-5-10-19-15(18)11-14(17)12-6-8-13(16)9-7-12/h8,14-19,22-23,27,29,45,48H,2,7,9-13,20-21,24-26H2,1,3-6H3,(H,46,51);7,10-15,17-18,20,22H,1,8-9,16,19H2,2-6H3,(H3,37,38)(H,39,42);6-9,17H,2-5,10-11,16H2,1H3. The fourth-order valence-electron chi connectivity index (χ4n) is 12.1. The van der Waals surface area contributed by atoms with Crippen LogP contribution in [-0.2, 0) is 67.0 Å². The lowest BCUT2D eigenvalue weighted by Gasteiger charge is -2.21. The minimum absolute atomic E-state index is 0.0112. The number of nitrogens with one attached hydrogen (secondary N) is 5. The zero-order chi connectivity index (χ0) is 90.3. The van der Waals surface area contributed by atoms with Crippen LogP contribution in [0.3, 0.4) is 0 Å². The fourth-order valence-corrected chi connectivity index (χ4v) is 12.1. The van der Waals surface area contributed by atoms with Crippen LogP contribution >= 0.6 is 0 Å². The number of nitrogens with two attached hydrogens (primary N) is 2. The maximum absolute atomic E-state index is 14.2. The average molecular weight is 1690 g/mol. The average Bonchev–Trinajstić information content (AvgIpc) is 1.66. The van der Waals surface area contributed by atoms with Crippen LogP contribution in [-0.4, -0.2) is 143 Å². The number of aliphatic hydroxyl groups is 1. The number of ketones is 2. The highest BCUT2D eigenvalue weighted by Crippen LogP contribution is 2.37. The maximum atomic E-state index is 14.2. The third-order valence-electron chi connectivity index (χ3n) is 19.4. The molecule has 123 heavy (non-hydrogen) atoms. The van der Waals surface area contributed by atoms with Crippen LogP contribution in [0.4, 0.5) is 10.5 Å². The molecule has 0 radical (unpaired) electrons. The number of nitrogen functional groups attached to an aromatic ring is 2. The molecule has 2 unspecified atom stereocenters. The van der Waals surface area contributed by atoms with E-state index in [0.717, 1.165) is 70.6 Å². The van der Waals surface area contributed by atoms with Gasteiger partial charge in [-0.2, -0.15) is 0 Å². The highest BCUT2D eigenvalue weighted by molar-refractivity contribution is 6.11. The van der Waals surface area contributed by atoms with Crippen molar-refractivity contribution in [1.82, 2.24) is 20.6 Å². The molecular weight excluding hydrogens is 1570 g/mol. The summed E-state index contributed by atoms with van der Waals surface area (Å²) in [5.74, 6) is -3.92. The van der Waals surface area contributed by atoms with Gasteiger partial charge in [0, 0.05) is 90.3 Å². The Morgan fingerprint density at radius 3 is 1.37 bits per heavy atom. The molecule has 28 nitrogen and oxygen atoms in total. The Balaban J connectivity index is 0.000000282. The van der Waals surface area contributed by atoms with E-state index in [9.17, 15) is 53.1 Å². The Morgan fingerprint density at radius 2 is 0.967 bits per heavy atom. The molecule has 2 aliphatic carbocycles. The van der Waals surface area contributed by atoms with Gasteiger partial charge < -0.3 is 75.9 Å². The molecule has 9 rings (SSSR count). The van der Waals surface area contributed by atoms with Crippen LogP contribution < -0.4 is 26.8 Å². The number of aromatic nitrogens is 2. The van der Waals surface area contributed by atoms with Gasteiger partial charge in [-0.05, 0) is 197 Å². The summed E-state index contributed by atoms with van der Waals surface area (Å²) in [5.41, 5.74) is 15.5. The second-order valence-corrected chi connectivity index (χ2v) is 32.0. The normalized spacial score (nSPS) is 12.6. The summed E-state index contributed by atoms with van der Waals surface area (Å²) < 4.78 is 42.5. The van der Waals surface area contributed by atoms with Crippen molar-refractivity contribution in [3.63, 3.8) is 0 Å². The Morgan fingerprint density at radius 1 is 0.545 bits per heavy atom. The van der Waals surface area contributed by atoms with Crippen molar-refractivity contribution >= 4 is 94.5 Å². The van der Waals surface area contributed by atoms with Gasteiger partial charge in [-0.1, -0.05) is 138 Å². The SMILES string of the molecule is C=Cc1cc(C(=O)Cc2ccc(C(=N)CC(=O)OCCCCCC)cc2)c(-c2ccc(C(=O)NCC3CC3)nc2C(=O)OC(C)OC(=O)OC(C)(C)C)cc1CO.C=Cc1cc(C(=O)Cc2ccc(C(=N)N)cc2)c(-c2ccc(C(=O)NCC3CC3)nc2C(=O)OC(C)OC(=O)C(C)(C)C)cc1OC.CCCCCCOC(=O)CC(=N)c1ccc(N)cc1. The van der Waals surface area contributed by atoms with E-state index in [0.29, 0.717) is 99.6 Å². The zero-order valence-corrected chi connectivity index (χ0v) is 72.1. The second kappa shape index (κ2) is 46.8. The van der Waals surface area contributed by atoms with Gasteiger partial charge in [-0.15, -0.1) is 0 Å². The number of amidine groups is 1. The van der Waals surface area contributed by atoms with E-state index < -0.39 is 72.0 Å². The third-order valence-corrected chi connectivity index (χ3v) is 19.4. The molecule has 0 bridgehead atoms. The van der Waals surface area contributed by atoms with Crippen molar-refractivity contribution in [2.75, 3.05) is 39.1 Å². The van der Waals surface area contributed by atoms with E-state index >= 15 is 0 Å². The number of carbonyl (C=O) groups excluding carboxylic acids is 10. The summed E-state index contributed by atoms with van der Waals surface area (Å²) in [6, 6.07) is 32.6. The van der Waals surface area contributed by atoms with Crippen LogP contribution in [0.25, 0.3) is 34.4 Å². The number of nitrogens with zero attached hydrogens (tertiary/aromatic N) is 2. The summed E-state index contributed by atoms with van der Waals surface area (Å²) in [6.07, 6.45) is 11.3. The number of aliphatic hydroxyl groups excluding tert-OH is 1. The van der Waals surface area contributed by atoms with Crippen molar-refractivity contribution in [3.8, 4) is 28.0 Å². The van der Waals surface area contributed by atoms with E-state index in [4.69, 9.17) is 65.6 Å². The lowest BCUT2D eigenvalue weighted by Crippen LogP contribution is -2.30. The van der Waals surface area contributed by atoms with Crippen molar-refractivity contribution in [2.24, 2.45) is 23.0 Å². The molecule has 7 aromatic rings. The zero-order valence-electron chi connectivity index (χ0n) is 72.1. The number of rotatable bonds is 41. The minimum Gasteiger partial charge on any atom is -0.496 e. The number of unbranched alkanes of at least 4 members (excludes halogenated alkanes) is 6.